The number of nitrogens with zero attached hydrogens (tertiary/aromatic N) is 2. The van der Waals surface area contributed by atoms with E-state index in [1.165, 1.54) is 11.1 Å². The molecule has 0 aliphatic carbocycles. The molecule has 0 radical (unpaired) electrons. The van der Waals surface area contributed by atoms with E-state index < -0.39 is 0 Å². The highest BCUT2D eigenvalue weighted by Gasteiger charge is 2.41. The van der Waals surface area contributed by atoms with Crippen LogP contribution in [0.25, 0.3) is 0 Å². The fourth-order valence-corrected chi connectivity index (χ4v) is 4.81. The van der Waals surface area contributed by atoms with E-state index in [1.54, 1.807) is 12.1 Å². The number of unbranched alkanes of at least 4 members (excludes halogenated alkanes) is 1. The number of hydrogen-bond donors (Lipinski definition) is 2. The molecule has 2 atom stereocenters. The second-order valence-electron chi connectivity index (χ2n) is 8.80. The summed E-state index contributed by atoms with van der Waals surface area (Å²) in [5, 5.41) is 2.95. The summed E-state index contributed by atoms with van der Waals surface area (Å²) in [4.78, 5) is 32.3. The number of benzene rings is 1. The maximum Gasteiger partial charge on any atom is 0.273 e. The first-order valence-corrected chi connectivity index (χ1v) is 12.2. The van der Waals surface area contributed by atoms with Crippen LogP contribution in [0.15, 0.2) is 36.4 Å². The van der Waals surface area contributed by atoms with E-state index >= 15 is 0 Å². The number of pyridine rings is 1. The predicted octanol–water partition coefficient (Wildman–Crippen LogP) is 2.70. The van der Waals surface area contributed by atoms with Crippen LogP contribution in [-0.4, -0.2) is 60.1 Å². The van der Waals surface area contributed by atoms with Gasteiger partial charge in [0.2, 0.25) is 5.88 Å². The number of morpholine rings is 1. The molecule has 2 bridgehead atoms. The van der Waals surface area contributed by atoms with Gasteiger partial charge in [-0.15, -0.1) is 0 Å². The monoisotopic (exact) mass is 466 g/mol. The Balaban J connectivity index is 1.34. The van der Waals surface area contributed by atoms with Gasteiger partial charge in [0.05, 0.1) is 31.9 Å². The van der Waals surface area contributed by atoms with E-state index in [4.69, 9.17) is 15.2 Å². The van der Waals surface area contributed by atoms with E-state index in [1.807, 2.05) is 24.0 Å². The van der Waals surface area contributed by atoms with Crippen molar-refractivity contribution >= 4 is 11.8 Å². The molecule has 2 amide bonds. The fraction of sp³-hybridized carbons (Fsp3) is 0.500. The number of fused-ring (bicyclic) bond motifs is 2. The zero-order valence-corrected chi connectivity index (χ0v) is 19.8. The number of nitrogens with one attached hydrogen (secondary N) is 1. The molecule has 2 unspecified atom stereocenters. The van der Waals surface area contributed by atoms with Crippen molar-refractivity contribution in [3.63, 3.8) is 0 Å². The number of carbonyl (C=O) groups is 2. The van der Waals surface area contributed by atoms with Crippen LogP contribution >= 0.6 is 0 Å². The zero-order valence-electron chi connectivity index (χ0n) is 19.8. The molecule has 8 heteroatoms. The molecule has 2 fully saturated rings. The summed E-state index contributed by atoms with van der Waals surface area (Å²) in [6, 6.07) is 11.6. The number of aromatic nitrogens is 1. The van der Waals surface area contributed by atoms with Gasteiger partial charge < -0.3 is 25.4 Å². The molecule has 8 nitrogen and oxygen atoms in total. The normalized spacial score (nSPS) is 19.2. The Bertz CT molecular complexity index is 996. The van der Waals surface area contributed by atoms with Crippen molar-refractivity contribution in [1.29, 1.82) is 0 Å². The average Bonchev–Trinajstić information content (AvgIpc) is 3.11. The van der Waals surface area contributed by atoms with Crippen LogP contribution in [-0.2, 0) is 17.7 Å². The molecule has 3 N–H and O–H groups in total. The highest BCUT2D eigenvalue weighted by molar-refractivity contribution is 5.98. The van der Waals surface area contributed by atoms with Crippen LogP contribution in [0.3, 0.4) is 0 Å². The van der Waals surface area contributed by atoms with Gasteiger partial charge in [-0.1, -0.05) is 24.3 Å². The van der Waals surface area contributed by atoms with E-state index in [2.05, 4.69) is 22.4 Å². The highest BCUT2D eigenvalue weighted by Crippen LogP contribution is 2.30. The summed E-state index contributed by atoms with van der Waals surface area (Å²) < 4.78 is 11.2. The molecule has 2 aromatic rings. The van der Waals surface area contributed by atoms with E-state index in [0.29, 0.717) is 44.2 Å². The first-order chi connectivity index (χ1) is 16.6. The van der Waals surface area contributed by atoms with Crippen molar-refractivity contribution in [1.82, 2.24) is 15.2 Å². The van der Waals surface area contributed by atoms with Crippen LogP contribution in [0.4, 0.5) is 0 Å². The van der Waals surface area contributed by atoms with Crippen molar-refractivity contribution < 1.29 is 19.1 Å². The van der Waals surface area contributed by atoms with Crippen molar-refractivity contribution in [2.24, 2.45) is 5.73 Å². The highest BCUT2D eigenvalue weighted by atomic mass is 16.5. The van der Waals surface area contributed by atoms with Gasteiger partial charge in [0.1, 0.15) is 11.3 Å². The number of ether oxygens (including phenoxy) is 2. The second kappa shape index (κ2) is 11.4. The summed E-state index contributed by atoms with van der Waals surface area (Å²) in [6.45, 7) is 4.41. The minimum absolute atomic E-state index is 0.100. The van der Waals surface area contributed by atoms with Crippen molar-refractivity contribution in [2.45, 2.75) is 57.7 Å². The van der Waals surface area contributed by atoms with Crippen LogP contribution in [0.1, 0.15) is 64.6 Å². The zero-order chi connectivity index (χ0) is 23.9. The number of hydrogen-bond acceptors (Lipinski definition) is 6. The van der Waals surface area contributed by atoms with Crippen LogP contribution in [0, 0.1) is 0 Å². The molecule has 2 saturated heterocycles. The largest absolute Gasteiger partial charge is 0.477 e. The minimum Gasteiger partial charge on any atom is -0.477 e. The summed E-state index contributed by atoms with van der Waals surface area (Å²) in [5.41, 5.74) is 8.88. The summed E-state index contributed by atoms with van der Waals surface area (Å²) in [5.74, 6) is -0.173. The summed E-state index contributed by atoms with van der Waals surface area (Å²) in [7, 11) is 0. The second-order valence-corrected chi connectivity index (χ2v) is 8.80. The Morgan fingerprint density at radius 2 is 1.85 bits per heavy atom. The Labute approximate surface area is 200 Å². The van der Waals surface area contributed by atoms with Gasteiger partial charge in [-0.2, -0.15) is 0 Å². The van der Waals surface area contributed by atoms with Gasteiger partial charge in [-0.25, -0.2) is 4.98 Å². The number of rotatable bonds is 10. The molecule has 1 aromatic heterocycles. The first-order valence-electron chi connectivity index (χ1n) is 12.2. The van der Waals surface area contributed by atoms with Crippen LogP contribution in [0.5, 0.6) is 5.88 Å². The average molecular weight is 467 g/mol. The standard InChI is InChI=1S/C26H34N4O4/c1-2-34-25-22(24(31)28-14-6-5-8-18-7-3-4-9-19(18)15-27)12-13-23(29-25)26(32)30-20-10-11-21(30)17-33-16-20/h3-4,7,9,12-13,20-21H,2,5-6,8,10-11,14-17,27H2,1H3,(H,28,31). The SMILES string of the molecule is CCOc1nc(C(=O)N2C3CCC2COC3)ccc1C(=O)NCCCCc1ccccc1CN. The number of amides is 2. The summed E-state index contributed by atoms with van der Waals surface area (Å²) >= 11 is 0. The molecule has 0 saturated carbocycles. The molecule has 182 valence electrons. The topological polar surface area (TPSA) is 107 Å². The number of aryl methyl sites for hydroxylation is 1. The third kappa shape index (κ3) is 5.39. The molecule has 1 aromatic carbocycles. The predicted molar refractivity (Wildman–Crippen MR) is 129 cm³/mol. The Kier molecular flexibility index (Phi) is 8.13. The van der Waals surface area contributed by atoms with Crippen LogP contribution < -0.4 is 15.8 Å². The van der Waals surface area contributed by atoms with Crippen molar-refractivity contribution in [3.8, 4) is 5.88 Å². The Morgan fingerprint density at radius 3 is 2.56 bits per heavy atom. The Morgan fingerprint density at radius 1 is 1.12 bits per heavy atom. The number of nitrogens with two attached hydrogens (primary N) is 1. The molecular weight excluding hydrogens is 432 g/mol. The molecule has 0 spiro atoms. The van der Waals surface area contributed by atoms with Crippen molar-refractivity contribution in [2.75, 3.05) is 26.4 Å². The molecule has 4 rings (SSSR count). The minimum atomic E-state index is -0.247. The Hall–Kier alpha value is -2.97. The third-order valence-electron chi connectivity index (χ3n) is 6.58. The maximum atomic E-state index is 13.1. The fourth-order valence-electron chi connectivity index (χ4n) is 4.81. The smallest absolute Gasteiger partial charge is 0.273 e. The van der Waals surface area contributed by atoms with E-state index in [9.17, 15) is 9.59 Å². The van der Waals surface area contributed by atoms with Gasteiger partial charge >= 0.3 is 0 Å². The lowest BCUT2D eigenvalue weighted by Gasteiger charge is -2.34. The lowest BCUT2D eigenvalue weighted by molar-refractivity contribution is -0.00750. The molecule has 2 aliphatic rings. The quantitative estimate of drug-likeness (QED) is 0.522. The van der Waals surface area contributed by atoms with Gasteiger partial charge in [0, 0.05) is 13.1 Å². The number of carbonyl (C=O) groups excluding carboxylic acids is 2. The third-order valence-corrected chi connectivity index (χ3v) is 6.58. The summed E-state index contributed by atoms with van der Waals surface area (Å²) in [6.07, 6.45) is 4.62. The molecular formula is C26H34N4O4. The van der Waals surface area contributed by atoms with Crippen molar-refractivity contribution in [3.05, 3.63) is 58.8 Å². The molecule has 3 heterocycles. The van der Waals surface area contributed by atoms with E-state index in [0.717, 1.165) is 32.1 Å². The maximum absolute atomic E-state index is 13.1. The lowest BCUT2D eigenvalue weighted by Crippen LogP contribution is -2.49. The lowest BCUT2D eigenvalue weighted by atomic mass is 10.0. The van der Waals surface area contributed by atoms with Gasteiger partial charge in [-0.05, 0) is 62.3 Å². The van der Waals surface area contributed by atoms with Gasteiger partial charge in [-0.3, -0.25) is 9.59 Å². The van der Waals surface area contributed by atoms with E-state index in [-0.39, 0.29) is 29.8 Å². The van der Waals surface area contributed by atoms with Gasteiger partial charge in [0.25, 0.3) is 11.8 Å². The first kappa shape index (κ1) is 24.2. The molecule has 2 aliphatic heterocycles. The van der Waals surface area contributed by atoms with Crippen LogP contribution in [0.2, 0.25) is 0 Å². The van der Waals surface area contributed by atoms with Gasteiger partial charge in [0.15, 0.2) is 0 Å². The molecule has 34 heavy (non-hydrogen) atoms.